The summed E-state index contributed by atoms with van der Waals surface area (Å²) in [6.07, 6.45) is 0.566. The van der Waals surface area contributed by atoms with Crippen LogP contribution in [0.4, 0.5) is 5.69 Å². The number of benzene rings is 2. The van der Waals surface area contributed by atoms with Crippen molar-refractivity contribution in [1.82, 2.24) is 4.90 Å². The topological polar surface area (TPSA) is 77.1 Å². The molecule has 1 heterocycles. The predicted octanol–water partition coefficient (Wildman–Crippen LogP) is 3.32. The summed E-state index contributed by atoms with van der Waals surface area (Å²) >= 11 is 0. The Hall–Kier alpha value is -3.32. The number of anilines is 1. The molecular formula is C23H26N2O5. The lowest BCUT2D eigenvalue weighted by Gasteiger charge is -2.15. The quantitative estimate of drug-likeness (QED) is 0.478. The summed E-state index contributed by atoms with van der Waals surface area (Å²) in [5.74, 6) is 0.670. The molecule has 0 unspecified atom stereocenters. The Balaban J connectivity index is 1.97. The number of carbonyl (C=O) groups is 2. The summed E-state index contributed by atoms with van der Waals surface area (Å²) < 4.78 is 15.8. The fourth-order valence-corrected chi connectivity index (χ4v) is 3.26. The van der Waals surface area contributed by atoms with Gasteiger partial charge in [0.25, 0.3) is 11.8 Å². The zero-order valence-electron chi connectivity index (χ0n) is 17.4. The number of nitrogens with one attached hydrogen (secondary N) is 1. The van der Waals surface area contributed by atoms with Crippen LogP contribution < -0.4 is 14.8 Å². The first-order chi connectivity index (χ1) is 14.6. The van der Waals surface area contributed by atoms with Gasteiger partial charge in [-0.25, -0.2) is 0 Å². The standard InChI is InChI=1S/C23H26N2O5/c1-4-30-19-8-5-7-17(15-19)24-21-20(16-9-11-18(29-3)12-10-16)22(26)25(23(21)27)13-6-14-28-2/h5,7-12,15,24H,4,6,13-14H2,1-3H3. The summed E-state index contributed by atoms with van der Waals surface area (Å²) in [6, 6.07) is 14.4. The number of amides is 2. The van der Waals surface area contributed by atoms with E-state index in [1.807, 2.05) is 25.1 Å². The summed E-state index contributed by atoms with van der Waals surface area (Å²) in [4.78, 5) is 27.5. The number of ether oxygens (including phenoxy) is 3. The van der Waals surface area contributed by atoms with Crippen molar-refractivity contribution in [1.29, 1.82) is 0 Å². The van der Waals surface area contributed by atoms with Gasteiger partial charge in [-0.05, 0) is 43.2 Å². The molecule has 0 aromatic heterocycles. The van der Waals surface area contributed by atoms with Crippen molar-refractivity contribution in [3.63, 3.8) is 0 Å². The van der Waals surface area contributed by atoms with Crippen molar-refractivity contribution in [3.05, 3.63) is 59.8 Å². The minimum Gasteiger partial charge on any atom is -0.497 e. The van der Waals surface area contributed by atoms with E-state index < -0.39 is 0 Å². The molecular weight excluding hydrogens is 384 g/mol. The van der Waals surface area contributed by atoms with Gasteiger partial charge in [0.1, 0.15) is 17.2 Å². The van der Waals surface area contributed by atoms with Gasteiger partial charge in [0, 0.05) is 32.0 Å². The summed E-state index contributed by atoms with van der Waals surface area (Å²) in [5, 5.41) is 3.14. The zero-order chi connectivity index (χ0) is 21.5. The molecule has 0 saturated carbocycles. The lowest BCUT2D eigenvalue weighted by Crippen LogP contribution is -2.33. The van der Waals surface area contributed by atoms with Crippen LogP contribution in [0.3, 0.4) is 0 Å². The van der Waals surface area contributed by atoms with E-state index in [4.69, 9.17) is 14.2 Å². The smallest absolute Gasteiger partial charge is 0.278 e. The van der Waals surface area contributed by atoms with E-state index in [1.54, 1.807) is 44.6 Å². The molecule has 0 aliphatic carbocycles. The van der Waals surface area contributed by atoms with Crippen molar-refractivity contribution in [3.8, 4) is 11.5 Å². The molecule has 0 bridgehead atoms. The van der Waals surface area contributed by atoms with Gasteiger partial charge in [-0.1, -0.05) is 18.2 Å². The maximum Gasteiger partial charge on any atom is 0.278 e. The van der Waals surface area contributed by atoms with Crippen LogP contribution in [0.15, 0.2) is 54.2 Å². The molecule has 158 valence electrons. The molecule has 1 aliphatic rings. The molecule has 0 spiro atoms. The summed E-state index contributed by atoms with van der Waals surface area (Å²) in [7, 11) is 3.17. The highest BCUT2D eigenvalue weighted by atomic mass is 16.5. The predicted molar refractivity (Wildman–Crippen MR) is 114 cm³/mol. The number of methoxy groups -OCH3 is 2. The fraction of sp³-hybridized carbons (Fsp3) is 0.304. The maximum atomic E-state index is 13.1. The second-order valence-electron chi connectivity index (χ2n) is 6.67. The third kappa shape index (κ3) is 4.63. The Morgan fingerprint density at radius 3 is 2.40 bits per heavy atom. The number of imide groups is 1. The average Bonchev–Trinajstić information content (AvgIpc) is 2.99. The Morgan fingerprint density at radius 1 is 0.967 bits per heavy atom. The highest BCUT2D eigenvalue weighted by Gasteiger charge is 2.38. The van der Waals surface area contributed by atoms with Crippen LogP contribution in [0, 0.1) is 0 Å². The van der Waals surface area contributed by atoms with Gasteiger partial charge in [0.05, 0.1) is 19.3 Å². The monoisotopic (exact) mass is 410 g/mol. The summed E-state index contributed by atoms with van der Waals surface area (Å²) in [6.45, 7) is 3.19. The van der Waals surface area contributed by atoms with Gasteiger partial charge in [-0.3, -0.25) is 14.5 Å². The van der Waals surface area contributed by atoms with Gasteiger partial charge < -0.3 is 19.5 Å². The van der Waals surface area contributed by atoms with Crippen LogP contribution in [0.1, 0.15) is 18.9 Å². The lowest BCUT2D eigenvalue weighted by molar-refractivity contribution is -0.136. The number of rotatable bonds is 10. The third-order valence-corrected chi connectivity index (χ3v) is 4.69. The lowest BCUT2D eigenvalue weighted by atomic mass is 10.0. The molecule has 0 saturated heterocycles. The van der Waals surface area contributed by atoms with E-state index in [9.17, 15) is 9.59 Å². The van der Waals surface area contributed by atoms with Crippen molar-refractivity contribution in [2.75, 3.05) is 39.3 Å². The highest BCUT2D eigenvalue weighted by Crippen LogP contribution is 2.32. The van der Waals surface area contributed by atoms with E-state index in [2.05, 4.69) is 5.32 Å². The zero-order valence-corrected chi connectivity index (χ0v) is 17.4. The second-order valence-corrected chi connectivity index (χ2v) is 6.67. The molecule has 0 fully saturated rings. The second kappa shape index (κ2) is 9.93. The van der Waals surface area contributed by atoms with Crippen LogP contribution in [0.2, 0.25) is 0 Å². The van der Waals surface area contributed by atoms with Crippen molar-refractivity contribution in [2.45, 2.75) is 13.3 Å². The van der Waals surface area contributed by atoms with E-state index in [1.165, 1.54) is 4.90 Å². The van der Waals surface area contributed by atoms with E-state index >= 15 is 0 Å². The molecule has 1 N–H and O–H groups in total. The molecule has 0 atom stereocenters. The molecule has 2 aromatic rings. The molecule has 0 radical (unpaired) electrons. The molecule has 2 amide bonds. The van der Waals surface area contributed by atoms with Crippen molar-refractivity contribution in [2.24, 2.45) is 0 Å². The van der Waals surface area contributed by atoms with Gasteiger partial charge in [-0.15, -0.1) is 0 Å². The third-order valence-electron chi connectivity index (χ3n) is 4.69. The molecule has 7 nitrogen and oxygen atoms in total. The van der Waals surface area contributed by atoms with Crippen LogP contribution in [-0.4, -0.2) is 50.7 Å². The Bertz CT molecular complexity index is 937. The summed E-state index contributed by atoms with van der Waals surface area (Å²) in [5.41, 5.74) is 1.90. The number of carbonyl (C=O) groups excluding carboxylic acids is 2. The molecule has 1 aliphatic heterocycles. The van der Waals surface area contributed by atoms with Crippen LogP contribution in [-0.2, 0) is 14.3 Å². The minimum atomic E-state index is -0.358. The SMILES string of the molecule is CCOc1cccc(NC2=C(c3ccc(OC)cc3)C(=O)N(CCCOC)C2=O)c1. The number of hydrogen-bond donors (Lipinski definition) is 1. The number of nitrogens with zero attached hydrogens (tertiary/aromatic N) is 1. The van der Waals surface area contributed by atoms with E-state index in [-0.39, 0.29) is 24.1 Å². The first kappa shape index (κ1) is 21.4. The van der Waals surface area contributed by atoms with E-state index in [0.717, 1.165) is 0 Å². The largest absolute Gasteiger partial charge is 0.497 e. The van der Waals surface area contributed by atoms with Gasteiger partial charge in [-0.2, -0.15) is 0 Å². The van der Waals surface area contributed by atoms with Gasteiger partial charge in [0.2, 0.25) is 0 Å². The van der Waals surface area contributed by atoms with Crippen molar-refractivity contribution < 1.29 is 23.8 Å². The average molecular weight is 410 g/mol. The first-order valence-electron chi connectivity index (χ1n) is 9.82. The minimum absolute atomic E-state index is 0.247. The molecule has 7 heteroatoms. The first-order valence-corrected chi connectivity index (χ1v) is 9.82. The Kier molecular flexibility index (Phi) is 7.08. The maximum absolute atomic E-state index is 13.1. The van der Waals surface area contributed by atoms with E-state index in [0.29, 0.717) is 48.0 Å². The molecule has 2 aromatic carbocycles. The van der Waals surface area contributed by atoms with Crippen LogP contribution in [0.5, 0.6) is 11.5 Å². The normalized spacial score (nSPS) is 13.8. The van der Waals surface area contributed by atoms with Crippen molar-refractivity contribution >= 4 is 23.1 Å². The van der Waals surface area contributed by atoms with Gasteiger partial charge >= 0.3 is 0 Å². The van der Waals surface area contributed by atoms with Crippen LogP contribution in [0.25, 0.3) is 5.57 Å². The molecule has 30 heavy (non-hydrogen) atoms. The van der Waals surface area contributed by atoms with Gasteiger partial charge in [0.15, 0.2) is 0 Å². The fourth-order valence-electron chi connectivity index (χ4n) is 3.26. The van der Waals surface area contributed by atoms with Crippen LogP contribution >= 0.6 is 0 Å². The molecule has 3 rings (SSSR count). The number of hydrogen-bond acceptors (Lipinski definition) is 6. The highest BCUT2D eigenvalue weighted by molar-refractivity contribution is 6.36. The Morgan fingerprint density at radius 2 is 1.73 bits per heavy atom. The Labute approximate surface area is 176 Å².